The number of amides is 2. The first-order valence-corrected chi connectivity index (χ1v) is 7.14. The van der Waals surface area contributed by atoms with Crippen molar-refractivity contribution in [3.63, 3.8) is 0 Å². The molecule has 0 saturated carbocycles. The Morgan fingerprint density at radius 1 is 1.38 bits per heavy atom. The summed E-state index contributed by atoms with van der Waals surface area (Å²) in [5.41, 5.74) is 1.08. The maximum absolute atomic E-state index is 12.4. The monoisotopic (exact) mass is 291 g/mol. The van der Waals surface area contributed by atoms with Crippen molar-refractivity contribution in [2.45, 2.75) is 19.0 Å². The molecule has 2 rings (SSSR count). The highest BCUT2D eigenvalue weighted by Crippen LogP contribution is 2.10. The van der Waals surface area contributed by atoms with E-state index in [4.69, 9.17) is 5.11 Å². The average Bonchev–Trinajstić information content (AvgIpc) is 2.50. The molecule has 0 spiro atoms. The van der Waals surface area contributed by atoms with Gasteiger partial charge in [0.1, 0.15) is 0 Å². The van der Waals surface area contributed by atoms with Gasteiger partial charge in [0.2, 0.25) is 11.8 Å². The number of piperazine rings is 1. The van der Waals surface area contributed by atoms with Gasteiger partial charge in [0.05, 0.1) is 19.1 Å². The van der Waals surface area contributed by atoms with E-state index in [1.807, 2.05) is 30.3 Å². The van der Waals surface area contributed by atoms with Crippen molar-refractivity contribution in [2.75, 3.05) is 26.2 Å². The average molecular weight is 291 g/mol. The third-order valence-corrected chi connectivity index (χ3v) is 3.42. The van der Waals surface area contributed by atoms with E-state index in [2.05, 4.69) is 10.6 Å². The highest BCUT2D eigenvalue weighted by atomic mass is 16.3. The van der Waals surface area contributed by atoms with Crippen LogP contribution in [0.15, 0.2) is 30.3 Å². The van der Waals surface area contributed by atoms with Gasteiger partial charge in [-0.2, -0.15) is 0 Å². The minimum atomic E-state index is -0.485. The van der Waals surface area contributed by atoms with Crippen molar-refractivity contribution >= 4 is 11.8 Å². The Morgan fingerprint density at radius 2 is 2.14 bits per heavy atom. The van der Waals surface area contributed by atoms with Crippen LogP contribution in [0.4, 0.5) is 0 Å². The Balaban J connectivity index is 1.90. The molecule has 1 heterocycles. The van der Waals surface area contributed by atoms with Gasteiger partial charge in [-0.1, -0.05) is 30.3 Å². The fraction of sp³-hybridized carbons (Fsp3) is 0.467. The molecule has 1 atom stereocenters. The molecule has 1 unspecified atom stereocenters. The first kappa shape index (κ1) is 15.5. The van der Waals surface area contributed by atoms with Crippen molar-refractivity contribution < 1.29 is 14.7 Å². The summed E-state index contributed by atoms with van der Waals surface area (Å²) in [7, 11) is 0. The second-order valence-corrected chi connectivity index (χ2v) is 5.03. The van der Waals surface area contributed by atoms with Crippen molar-refractivity contribution in [3.8, 4) is 0 Å². The summed E-state index contributed by atoms with van der Waals surface area (Å²) in [6.07, 6.45) is 0.101. The van der Waals surface area contributed by atoms with Crippen LogP contribution in [0.3, 0.4) is 0 Å². The quantitative estimate of drug-likeness (QED) is 0.659. The number of benzene rings is 1. The van der Waals surface area contributed by atoms with Crippen LogP contribution in [0, 0.1) is 0 Å². The Morgan fingerprint density at radius 3 is 2.86 bits per heavy atom. The Hall–Kier alpha value is -1.92. The predicted molar refractivity (Wildman–Crippen MR) is 78.4 cm³/mol. The van der Waals surface area contributed by atoms with Crippen molar-refractivity contribution in [3.05, 3.63) is 35.9 Å². The number of carbonyl (C=O) groups excluding carboxylic acids is 2. The van der Waals surface area contributed by atoms with E-state index in [0.29, 0.717) is 19.6 Å². The highest BCUT2D eigenvalue weighted by molar-refractivity contribution is 5.88. The largest absolute Gasteiger partial charge is 0.395 e. The smallest absolute Gasteiger partial charge is 0.240 e. The normalized spacial score (nSPS) is 18.6. The SMILES string of the molecule is O=C(CC1NCCN(Cc2ccccc2)C1=O)NCCO. The number of aliphatic hydroxyl groups is 1. The third-order valence-electron chi connectivity index (χ3n) is 3.42. The summed E-state index contributed by atoms with van der Waals surface area (Å²) in [5.74, 6) is -0.277. The van der Waals surface area contributed by atoms with E-state index in [1.165, 1.54) is 0 Å². The number of nitrogens with one attached hydrogen (secondary N) is 2. The number of nitrogens with zero attached hydrogens (tertiary/aromatic N) is 1. The molecular formula is C15H21N3O3. The molecule has 6 heteroatoms. The Labute approximate surface area is 124 Å². The zero-order chi connectivity index (χ0) is 15.1. The van der Waals surface area contributed by atoms with E-state index in [1.54, 1.807) is 4.90 Å². The van der Waals surface area contributed by atoms with Crippen LogP contribution < -0.4 is 10.6 Å². The van der Waals surface area contributed by atoms with Gasteiger partial charge < -0.3 is 20.6 Å². The van der Waals surface area contributed by atoms with Gasteiger partial charge in [0, 0.05) is 26.2 Å². The molecule has 2 amide bonds. The topological polar surface area (TPSA) is 81.7 Å². The molecule has 3 N–H and O–H groups in total. The van der Waals surface area contributed by atoms with Gasteiger partial charge in [-0.3, -0.25) is 9.59 Å². The van der Waals surface area contributed by atoms with Crippen molar-refractivity contribution in [1.29, 1.82) is 0 Å². The summed E-state index contributed by atoms with van der Waals surface area (Å²) in [4.78, 5) is 25.8. The zero-order valence-corrected chi connectivity index (χ0v) is 11.9. The maximum Gasteiger partial charge on any atom is 0.240 e. The molecule has 0 aliphatic carbocycles. The molecule has 21 heavy (non-hydrogen) atoms. The lowest BCUT2D eigenvalue weighted by Gasteiger charge is -2.33. The van der Waals surface area contributed by atoms with Crippen LogP contribution in [-0.2, 0) is 16.1 Å². The molecule has 1 aromatic rings. The van der Waals surface area contributed by atoms with E-state index in [9.17, 15) is 9.59 Å². The molecule has 1 saturated heterocycles. The minimum Gasteiger partial charge on any atom is -0.395 e. The summed E-state index contributed by atoms with van der Waals surface area (Å²) < 4.78 is 0. The number of rotatable bonds is 6. The molecule has 1 aromatic carbocycles. The van der Waals surface area contributed by atoms with Crippen molar-refractivity contribution in [2.24, 2.45) is 0 Å². The first-order chi connectivity index (χ1) is 10.2. The van der Waals surface area contributed by atoms with Crippen LogP contribution in [-0.4, -0.2) is 54.1 Å². The van der Waals surface area contributed by atoms with E-state index in [0.717, 1.165) is 5.56 Å². The number of aliphatic hydroxyl groups excluding tert-OH is 1. The molecular weight excluding hydrogens is 270 g/mol. The van der Waals surface area contributed by atoms with Crippen LogP contribution >= 0.6 is 0 Å². The third kappa shape index (κ3) is 4.54. The predicted octanol–water partition coefficient (Wildman–Crippen LogP) is -0.514. The molecule has 0 radical (unpaired) electrons. The molecule has 1 aliphatic rings. The fourth-order valence-corrected chi connectivity index (χ4v) is 2.36. The first-order valence-electron chi connectivity index (χ1n) is 7.14. The standard InChI is InChI=1S/C15H21N3O3/c19-9-7-17-14(20)10-13-15(21)18(8-6-16-13)11-12-4-2-1-3-5-12/h1-5,13,16,19H,6-11H2,(H,17,20). The lowest BCUT2D eigenvalue weighted by Crippen LogP contribution is -2.55. The van der Waals surface area contributed by atoms with Gasteiger partial charge in [-0.25, -0.2) is 0 Å². The highest BCUT2D eigenvalue weighted by Gasteiger charge is 2.29. The van der Waals surface area contributed by atoms with Crippen LogP contribution in [0.5, 0.6) is 0 Å². The molecule has 1 fully saturated rings. The number of hydrogen-bond acceptors (Lipinski definition) is 4. The number of hydrogen-bond donors (Lipinski definition) is 3. The molecule has 1 aliphatic heterocycles. The van der Waals surface area contributed by atoms with Gasteiger partial charge in [-0.15, -0.1) is 0 Å². The van der Waals surface area contributed by atoms with Gasteiger partial charge in [0.15, 0.2) is 0 Å². The Kier molecular flexibility index (Phi) is 5.71. The van der Waals surface area contributed by atoms with Gasteiger partial charge in [-0.05, 0) is 5.56 Å². The number of carbonyl (C=O) groups is 2. The second kappa shape index (κ2) is 7.75. The summed E-state index contributed by atoms with van der Waals surface area (Å²) in [6.45, 7) is 2.00. The Bertz CT molecular complexity index is 478. The van der Waals surface area contributed by atoms with Crippen LogP contribution in [0.1, 0.15) is 12.0 Å². The van der Waals surface area contributed by atoms with Crippen LogP contribution in [0.25, 0.3) is 0 Å². The van der Waals surface area contributed by atoms with E-state index >= 15 is 0 Å². The molecule has 114 valence electrons. The molecule has 6 nitrogen and oxygen atoms in total. The van der Waals surface area contributed by atoms with Crippen LogP contribution in [0.2, 0.25) is 0 Å². The summed E-state index contributed by atoms with van der Waals surface area (Å²) >= 11 is 0. The molecule has 0 bridgehead atoms. The van der Waals surface area contributed by atoms with E-state index < -0.39 is 6.04 Å². The van der Waals surface area contributed by atoms with Crippen molar-refractivity contribution in [1.82, 2.24) is 15.5 Å². The summed E-state index contributed by atoms with van der Waals surface area (Å²) in [6, 6.07) is 9.32. The van der Waals surface area contributed by atoms with E-state index in [-0.39, 0.29) is 31.4 Å². The lowest BCUT2D eigenvalue weighted by atomic mass is 10.1. The second-order valence-electron chi connectivity index (χ2n) is 5.03. The maximum atomic E-state index is 12.4. The van der Waals surface area contributed by atoms with Gasteiger partial charge in [0.25, 0.3) is 0 Å². The fourth-order valence-electron chi connectivity index (χ4n) is 2.36. The molecule has 0 aromatic heterocycles. The van der Waals surface area contributed by atoms with Gasteiger partial charge >= 0.3 is 0 Å². The zero-order valence-electron chi connectivity index (χ0n) is 11.9. The lowest BCUT2D eigenvalue weighted by molar-refractivity contribution is -0.138. The minimum absolute atomic E-state index is 0.0516. The summed E-state index contributed by atoms with van der Waals surface area (Å²) in [5, 5.41) is 14.3.